The van der Waals surface area contributed by atoms with Crippen LogP contribution in [-0.2, 0) is 22.4 Å². The number of rotatable bonds is 9. The monoisotopic (exact) mass is 426 g/mol. The Morgan fingerprint density at radius 3 is 2.26 bits per heavy atom. The fourth-order valence-corrected chi connectivity index (χ4v) is 5.73. The first-order valence-electron chi connectivity index (χ1n) is 12.5. The number of aryl methyl sites for hydroxylation is 1. The van der Waals surface area contributed by atoms with Crippen LogP contribution in [-0.4, -0.2) is 24.3 Å². The average Bonchev–Trinajstić information content (AvgIpc) is 2.78. The van der Waals surface area contributed by atoms with Crippen LogP contribution in [0.25, 0.3) is 0 Å². The highest BCUT2D eigenvalue weighted by atomic mass is 16.5. The standard InChI is InChI=1S/C28H42O3/c1-20(2)28(30)31-18-4-5-26-19-27(15-14-25(26)16-17-29)24-12-10-23(11-13-24)22-8-6-21(3)7-9-22/h14-15,19,21-24,29H,1,4-13,16-18H2,2-3H3. The van der Waals surface area contributed by atoms with E-state index in [1.54, 1.807) is 6.92 Å². The maximum Gasteiger partial charge on any atom is 0.333 e. The highest BCUT2D eigenvalue weighted by Crippen LogP contribution is 2.44. The van der Waals surface area contributed by atoms with E-state index in [0.29, 0.717) is 24.5 Å². The smallest absolute Gasteiger partial charge is 0.333 e. The van der Waals surface area contributed by atoms with Gasteiger partial charge in [-0.05, 0) is 105 Å². The summed E-state index contributed by atoms with van der Waals surface area (Å²) in [5.74, 6) is 3.21. The maximum absolute atomic E-state index is 11.6. The number of carbonyl (C=O) groups is 1. The summed E-state index contributed by atoms with van der Waals surface area (Å²) in [4.78, 5) is 11.6. The summed E-state index contributed by atoms with van der Waals surface area (Å²) < 4.78 is 5.26. The molecule has 0 atom stereocenters. The molecule has 2 saturated carbocycles. The molecule has 0 aromatic heterocycles. The van der Waals surface area contributed by atoms with Gasteiger partial charge in [0.2, 0.25) is 0 Å². The molecule has 1 aromatic carbocycles. The molecule has 3 nitrogen and oxygen atoms in total. The Labute approximate surface area is 189 Å². The molecule has 0 saturated heterocycles. The predicted octanol–water partition coefficient (Wildman–Crippen LogP) is 6.37. The van der Waals surface area contributed by atoms with Crippen LogP contribution in [0.2, 0.25) is 0 Å². The van der Waals surface area contributed by atoms with Crippen LogP contribution >= 0.6 is 0 Å². The summed E-state index contributed by atoms with van der Waals surface area (Å²) in [6, 6.07) is 6.89. The zero-order valence-corrected chi connectivity index (χ0v) is 19.7. The van der Waals surface area contributed by atoms with Crippen LogP contribution < -0.4 is 0 Å². The van der Waals surface area contributed by atoms with Crippen LogP contribution in [0.4, 0.5) is 0 Å². The third kappa shape index (κ3) is 6.94. The third-order valence-electron chi connectivity index (χ3n) is 7.75. The minimum Gasteiger partial charge on any atom is -0.462 e. The molecule has 3 heteroatoms. The SMILES string of the molecule is C=C(C)C(=O)OCCCc1cc(C2CCC(C3CCC(C)CC3)CC2)ccc1CCO. The molecular weight excluding hydrogens is 384 g/mol. The predicted molar refractivity (Wildman–Crippen MR) is 127 cm³/mol. The van der Waals surface area contributed by atoms with Gasteiger partial charge in [0.15, 0.2) is 0 Å². The Balaban J connectivity index is 1.55. The Kier molecular flexibility index (Phi) is 9.19. The summed E-state index contributed by atoms with van der Waals surface area (Å²) in [6.07, 6.45) is 13.5. The van der Waals surface area contributed by atoms with Crippen molar-refractivity contribution in [2.45, 2.75) is 90.4 Å². The molecule has 2 aliphatic rings. The fraction of sp³-hybridized carbons (Fsp3) is 0.679. The van der Waals surface area contributed by atoms with Crippen molar-refractivity contribution in [2.75, 3.05) is 13.2 Å². The molecule has 2 fully saturated rings. The number of hydrogen-bond donors (Lipinski definition) is 1. The molecule has 0 unspecified atom stereocenters. The molecule has 1 aromatic rings. The Bertz CT molecular complexity index is 722. The molecule has 172 valence electrons. The van der Waals surface area contributed by atoms with E-state index in [-0.39, 0.29) is 12.6 Å². The summed E-state index contributed by atoms with van der Waals surface area (Å²) >= 11 is 0. The van der Waals surface area contributed by atoms with Crippen molar-refractivity contribution in [1.29, 1.82) is 0 Å². The van der Waals surface area contributed by atoms with Gasteiger partial charge >= 0.3 is 5.97 Å². The van der Waals surface area contributed by atoms with Crippen molar-refractivity contribution in [2.24, 2.45) is 17.8 Å². The lowest BCUT2D eigenvalue weighted by Crippen LogP contribution is -2.24. The minimum atomic E-state index is -0.312. The number of benzene rings is 1. The molecule has 0 radical (unpaired) electrons. The van der Waals surface area contributed by atoms with Gasteiger partial charge < -0.3 is 9.84 Å². The van der Waals surface area contributed by atoms with E-state index in [2.05, 4.69) is 31.7 Å². The van der Waals surface area contributed by atoms with Crippen LogP contribution in [0.5, 0.6) is 0 Å². The van der Waals surface area contributed by atoms with Crippen molar-refractivity contribution in [3.05, 3.63) is 47.0 Å². The van der Waals surface area contributed by atoms with E-state index in [0.717, 1.165) is 30.6 Å². The van der Waals surface area contributed by atoms with Crippen molar-refractivity contribution in [3.8, 4) is 0 Å². The van der Waals surface area contributed by atoms with Crippen molar-refractivity contribution in [1.82, 2.24) is 0 Å². The second-order valence-corrected chi connectivity index (χ2v) is 10.2. The number of ether oxygens (including phenoxy) is 1. The van der Waals surface area contributed by atoms with Crippen LogP contribution in [0, 0.1) is 17.8 Å². The molecule has 0 spiro atoms. The fourth-order valence-electron chi connectivity index (χ4n) is 5.73. The summed E-state index contributed by atoms with van der Waals surface area (Å²) in [7, 11) is 0. The highest BCUT2D eigenvalue weighted by molar-refractivity contribution is 5.86. The number of aliphatic hydroxyl groups is 1. The average molecular weight is 427 g/mol. The first-order chi connectivity index (χ1) is 15.0. The highest BCUT2D eigenvalue weighted by Gasteiger charge is 2.30. The van der Waals surface area contributed by atoms with Crippen molar-refractivity contribution in [3.63, 3.8) is 0 Å². The lowest BCUT2D eigenvalue weighted by molar-refractivity contribution is -0.139. The van der Waals surface area contributed by atoms with Crippen molar-refractivity contribution < 1.29 is 14.6 Å². The molecule has 3 rings (SSSR count). The zero-order chi connectivity index (χ0) is 22.2. The van der Waals surface area contributed by atoms with Gasteiger partial charge in [-0.3, -0.25) is 0 Å². The second kappa shape index (κ2) is 11.9. The van der Waals surface area contributed by atoms with Gasteiger partial charge in [-0.2, -0.15) is 0 Å². The molecule has 0 bridgehead atoms. The van der Waals surface area contributed by atoms with Gasteiger partial charge in [-0.25, -0.2) is 4.79 Å². The largest absolute Gasteiger partial charge is 0.462 e. The second-order valence-electron chi connectivity index (χ2n) is 10.2. The number of hydrogen-bond acceptors (Lipinski definition) is 3. The summed E-state index contributed by atoms with van der Waals surface area (Å²) in [5.41, 5.74) is 4.44. The number of aliphatic hydroxyl groups excluding tert-OH is 1. The third-order valence-corrected chi connectivity index (χ3v) is 7.75. The van der Waals surface area contributed by atoms with Gasteiger partial charge in [0.1, 0.15) is 0 Å². The minimum absolute atomic E-state index is 0.169. The number of carbonyl (C=O) groups excluding carboxylic acids is 1. The van der Waals surface area contributed by atoms with Gasteiger partial charge in [0, 0.05) is 12.2 Å². The van der Waals surface area contributed by atoms with Gasteiger partial charge in [-0.15, -0.1) is 0 Å². The Morgan fingerprint density at radius 2 is 1.65 bits per heavy atom. The van der Waals surface area contributed by atoms with Crippen LogP contribution in [0.15, 0.2) is 30.4 Å². The molecule has 0 aliphatic heterocycles. The number of esters is 1. The molecule has 0 heterocycles. The van der Waals surface area contributed by atoms with E-state index >= 15 is 0 Å². The summed E-state index contributed by atoms with van der Waals surface area (Å²) in [6.45, 7) is 8.30. The quantitative estimate of drug-likeness (QED) is 0.283. The van der Waals surface area contributed by atoms with Gasteiger partial charge in [0.25, 0.3) is 0 Å². The van der Waals surface area contributed by atoms with E-state index in [1.165, 1.54) is 68.1 Å². The molecule has 2 aliphatic carbocycles. The first kappa shape index (κ1) is 24.0. The normalized spacial score (nSPS) is 26.4. The van der Waals surface area contributed by atoms with E-state index in [9.17, 15) is 9.90 Å². The molecular formula is C28H42O3. The molecule has 1 N–H and O–H groups in total. The first-order valence-corrected chi connectivity index (χ1v) is 12.5. The lowest BCUT2D eigenvalue weighted by atomic mass is 9.68. The van der Waals surface area contributed by atoms with Crippen LogP contribution in [0.1, 0.15) is 94.2 Å². The maximum atomic E-state index is 11.6. The summed E-state index contributed by atoms with van der Waals surface area (Å²) in [5, 5.41) is 9.46. The van der Waals surface area contributed by atoms with Gasteiger partial charge in [-0.1, -0.05) is 44.5 Å². The van der Waals surface area contributed by atoms with E-state index < -0.39 is 0 Å². The van der Waals surface area contributed by atoms with Gasteiger partial charge in [0.05, 0.1) is 6.61 Å². The molecule has 31 heavy (non-hydrogen) atoms. The van der Waals surface area contributed by atoms with E-state index in [1.807, 2.05) is 0 Å². The Hall–Kier alpha value is -1.61. The Morgan fingerprint density at radius 1 is 1.00 bits per heavy atom. The lowest BCUT2D eigenvalue weighted by Gasteiger charge is -2.37. The van der Waals surface area contributed by atoms with E-state index in [4.69, 9.17) is 4.74 Å². The topological polar surface area (TPSA) is 46.5 Å². The zero-order valence-electron chi connectivity index (χ0n) is 19.7. The van der Waals surface area contributed by atoms with Crippen molar-refractivity contribution >= 4 is 5.97 Å². The van der Waals surface area contributed by atoms with Crippen LogP contribution in [0.3, 0.4) is 0 Å². The molecule has 0 amide bonds.